The lowest BCUT2D eigenvalue weighted by atomic mass is 9.94. The van der Waals surface area contributed by atoms with Gasteiger partial charge in [-0.25, -0.2) is 4.68 Å². The van der Waals surface area contributed by atoms with Gasteiger partial charge in [0, 0.05) is 5.70 Å². The molecule has 0 radical (unpaired) electrons. The van der Waals surface area contributed by atoms with E-state index in [2.05, 4.69) is 55.4 Å². The molecule has 1 unspecified atom stereocenters. The zero-order valence-corrected chi connectivity index (χ0v) is 27.1. The number of benzene rings is 3. The molecule has 44 heavy (non-hydrogen) atoms. The summed E-state index contributed by atoms with van der Waals surface area (Å²) in [5, 5.41) is 11.8. The van der Waals surface area contributed by atoms with Crippen molar-refractivity contribution in [1.29, 1.82) is 0 Å². The first-order valence-corrected chi connectivity index (χ1v) is 15.7. The Kier molecular flexibility index (Phi) is 9.49. The Bertz CT molecular complexity index is 1710. The van der Waals surface area contributed by atoms with E-state index < -0.39 is 6.04 Å². The number of allylic oxidation sites excluding steroid dienone is 1. The Morgan fingerprint density at radius 3 is 2.48 bits per heavy atom. The van der Waals surface area contributed by atoms with Crippen molar-refractivity contribution in [3.05, 3.63) is 93.7 Å². The highest BCUT2D eigenvalue weighted by molar-refractivity contribution is 7.99. The van der Waals surface area contributed by atoms with Gasteiger partial charge >= 0.3 is 0 Å². The molecule has 1 atom stereocenters. The summed E-state index contributed by atoms with van der Waals surface area (Å²) in [4.78, 5) is 18.7. The van der Waals surface area contributed by atoms with Crippen LogP contribution in [0.15, 0.2) is 71.0 Å². The second-order valence-corrected chi connectivity index (χ2v) is 11.8. The maximum absolute atomic E-state index is 14.0. The van der Waals surface area contributed by atoms with Gasteiger partial charge in [0.2, 0.25) is 11.1 Å². The predicted octanol–water partition coefficient (Wildman–Crippen LogP) is 7.23. The van der Waals surface area contributed by atoms with Gasteiger partial charge in [0.15, 0.2) is 11.5 Å². The second kappa shape index (κ2) is 13.5. The molecule has 0 fully saturated rings. The van der Waals surface area contributed by atoms with Gasteiger partial charge in [-0.05, 0) is 92.5 Å². The molecule has 0 saturated carbocycles. The number of methoxy groups -OCH3 is 1. The van der Waals surface area contributed by atoms with Crippen LogP contribution in [0.25, 0.3) is 0 Å². The summed E-state index contributed by atoms with van der Waals surface area (Å²) < 4.78 is 19.6. The summed E-state index contributed by atoms with van der Waals surface area (Å²) in [6.45, 7) is 13.0. The zero-order valence-electron chi connectivity index (χ0n) is 26.3. The van der Waals surface area contributed by atoms with Crippen LogP contribution in [0.4, 0.5) is 11.6 Å². The van der Waals surface area contributed by atoms with Crippen LogP contribution in [0.1, 0.15) is 54.6 Å². The topological polar surface area (TPSA) is 99.5 Å². The van der Waals surface area contributed by atoms with Crippen molar-refractivity contribution in [2.75, 3.05) is 30.1 Å². The van der Waals surface area contributed by atoms with Crippen molar-refractivity contribution in [3.63, 3.8) is 0 Å². The molecule has 1 aliphatic rings. The molecule has 2 heterocycles. The summed E-state index contributed by atoms with van der Waals surface area (Å²) in [5.41, 5.74) is 7.36. The van der Waals surface area contributed by atoms with Gasteiger partial charge in [-0.3, -0.25) is 4.79 Å². The Balaban J connectivity index is 1.51. The van der Waals surface area contributed by atoms with Crippen LogP contribution < -0.4 is 24.8 Å². The number of anilines is 2. The van der Waals surface area contributed by atoms with E-state index in [4.69, 9.17) is 19.3 Å². The largest absolute Gasteiger partial charge is 0.493 e. The van der Waals surface area contributed by atoms with E-state index in [1.54, 1.807) is 23.6 Å². The number of fused-ring (bicyclic) bond motifs is 1. The molecule has 1 aliphatic heterocycles. The fraction of sp³-hybridized carbons (Fsp3) is 0.324. The Hall–Kier alpha value is -4.44. The predicted molar refractivity (Wildman–Crippen MR) is 175 cm³/mol. The number of amides is 1. The van der Waals surface area contributed by atoms with E-state index in [1.165, 1.54) is 16.7 Å². The number of aryl methyl sites for hydroxylation is 3. The third-order valence-corrected chi connectivity index (χ3v) is 8.34. The Labute approximate surface area is 263 Å². The van der Waals surface area contributed by atoms with Crippen LogP contribution in [-0.2, 0) is 11.4 Å². The van der Waals surface area contributed by atoms with E-state index in [9.17, 15) is 4.79 Å². The van der Waals surface area contributed by atoms with Crippen molar-refractivity contribution in [3.8, 4) is 17.2 Å². The zero-order chi connectivity index (χ0) is 31.4. The summed E-state index contributed by atoms with van der Waals surface area (Å²) in [6, 6.07) is 16.9. The number of hydrogen-bond acceptors (Lipinski definition) is 8. The number of aromatic nitrogens is 3. The summed E-state index contributed by atoms with van der Waals surface area (Å²) in [6.07, 6.45) is 0. The number of carbonyl (C=O) groups is 1. The molecule has 0 bridgehead atoms. The van der Waals surface area contributed by atoms with Crippen LogP contribution in [0.5, 0.6) is 17.2 Å². The lowest BCUT2D eigenvalue weighted by Crippen LogP contribution is -2.31. The normalized spacial score (nSPS) is 14.1. The number of thioether (sulfide) groups is 1. The fourth-order valence-corrected chi connectivity index (χ4v) is 5.82. The van der Waals surface area contributed by atoms with Crippen molar-refractivity contribution < 1.29 is 19.0 Å². The Morgan fingerprint density at radius 2 is 1.73 bits per heavy atom. The van der Waals surface area contributed by atoms with Crippen LogP contribution in [0.3, 0.4) is 0 Å². The number of carbonyl (C=O) groups excluding carboxylic acids is 1. The molecule has 1 amide bonds. The van der Waals surface area contributed by atoms with E-state index in [0.717, 1.165) is 16.9 Å². The number of hydrogen-bond donors (Lipinski definition) is 2. The van der Waals surface area contributed by atoms with Gasteiger partial charge in [0.25, 0.3) is 5.91 Å². The van der Waals surface area contributed by atoms with Crippen LogP contribution in [0.2, 0.25) is 0 Å². The molecule has 230 valence electrons. The van der Waals surface area contributed by atoms with Crippen molar-refractivity contribution >= 4 is 29.3 Å². The summed E-state index contributed by atoms with van der Waals surface area (Å²) >= 11 is 1.54. The smallest absolute Gasteiger partial charge is 0.255 e. The second-order valence-electron chi connectivity index (χ2n) is 10.6. The average Bonchev–Trinajstić information content (AvgIpc) is 3.40. The number of para-hydroxylation sites is 2. The van der Waals surface area contributed by atoms with Gasteiger partial charge in [-0.1, -0.05) is 49.0 Å². The van der Waals surface area contributed by atoms with E-state index in [0.29, 0.717) is 58.5 Å². The van der Waals surface area contributed by atoms with Crippen molar-refractivity contribution in [2.45, 2.75) is 59.3 Å². The molecule has 9 nitrogen and oxygen atoms in total. The molecule has 0 saturated heterocycles. The highest BCUT2D eigenvalue weighted by Gasteiger charge is 2.35. The molecule has 5 rings (SSSR count). The average molecular weight is 614 g/mol. The van der Waals surface area contributed by atoms with E-state index >= 15 is 0 Å². The van der Waals surface area contributed by atoms with Crippen LogP contribution in [-0.4, -0.2) is 40.1 Å². The van der Waals surface area contributed by atoms with E-state index in [-0.39, 0.29) is 5.91 Å². The van der Waals surface area contributed by atoms with Gasteiger partial charge in [0.05, 0.1) is 25.0 Å². The van der Waals surface area contributed by atoms with Gasteiger partial charge in [0.1, 0.15) is 18.4 Å². The first kappa shape index (κ1) is 31.0. The quantitative estimate of drug-likeness (QED) is 0.171. The first-order valence-electron chi connectivity index (χ1n) is 14.7. The molecule has 10 heteroatoms. The third kappa shape index (κ3) is 6.40. The minimum Gasteiger partial charge on any atom is -0.493 e. The van der Waals surface area contributed by atoms with Crippen LogP contribution in [0, 0.1) is 20.8 Å². The first-order chi connectivity index (χ1) is 21.2. The summed E-state index contributed by atoms with van der Waals surface area (Å²) in [5.74, 6) is 2.89. The lowest BCUT2D eigenvalue weighted by Gasteiger charge is -2.29. The monoisotopic (exact) mass is 613 g/mol. The van der Waals surface area contributed by atoms with Crippen LogP contribution >= 0.6 is 11.8 Å². The molecule has 4 aromatic rings. The molecule has 0 spiro atoms. The molecule has 2 N–H and O–H groups in total. The maximum Gasteiger partial charge on any atom is 0.255 e. The fourth-order valence-electron chi connectivity index (χ4n) is 5.27. The Morgan fingerprint density at radius 1 is 0.955 bits per heavy atom. The maximum atomic E-state index is 14.0. The lowest BCUT2D eigenvalue weighted by molar-refractivity contribution is -0.113. The number of nitrogens with one attached hydrogen (secondary N) is 2. The number of ether oxygens (including phenoxy) is 3. The molecule has 1 aromatic heterocycles. The highest BCUT2D eigenvalue weighted by atomic mass is 32.2. The SMILES string of the molecule is CCOc1ccccc1NC(=O)C1=C(C)Nc2nc(SCC)nn2C1c1ccc(OCc2cc(C)c(C)cc2C)c(OC)c1. The molecule has 3 aromatic carbocycles. The number of nitrogens with zero attached hydrogens (tertiary/aromatic N) is 3. The summed E-state index contributed by atoms with van der Waals surface area (Å²) in [7, 11) is 1.62. The van der Waals surface area contributed by atoms with Gasteiger partial charge < -0.3 is 24.8 Å². The van der Waals surface area contributed by atoms with Gasteiger partial charge in [-0.15, -0.1) is 5.10 Å². The number of rotatable bonds is 11. The molecule has 0 aliphatic carbocycles. The minimum absolute atomic E-state index is 0.275. The van der Waals surface area contributed by atoms with E-state index in [1.807, 2.05) is 56.3 Å². The standard InChI is InChI=1S/C34H39N5O4S/c1-8-42-27-13-11-10-12-26(27)36-32(40)30-23(6)35-33-37-34(44-9-2)38-39(33)31(30)24-14-15-28(29(18-24)41-7)43-19-25-17-21(4)20(3)16-22(25)5/h10-18,31H,8-9,19H2,1-7H3,(H,36,40)(H,35,37,38). The molecular formula is C34H39N5O4S. The van der Waals surface area contributed by atoms with Gasteiger partial charge in [-0.2, -0.15) is 4.98 Å². The highest BCUT2D eigenvalue weighted by Crippen LogP contribution is 2.40. The van der Waals surface area contributed by atoms with Crippen molar-refractivity contribution in [2.24, 2.45) is 0 Å². The van der Waals surface area contributed by atoms with Crippen molar-refractivity contribution in [1.82, 2.24) is 14.8 Å². The third-order valence-electron chi connectivity index (χ3n) is 7.63. The minimum atomic E-state index is -0.575. The molecular weight excluding hydrogens is 574 g/mol.